The largest absolute Gasteiger partial charge is 0.383 e. The van der Waals surface area contributed by atoms with Crippen molar-refractivity contribution >= 4 is 5.82 Å². The van der Waals surface area contributed by atoms with Gasteiger partial charge in [-0.3, -0.25) is 0 Å². The number of anilines is 1. The lowest BCUT2D eigenvalue weighted by Gasteiger charge is -2.35. The summed E-state index contributed by atoms with van der Waals surface area (Å²) in [4.78, 5) is 6.40. The number of rotatable bonds is 3. The van der Waals surface area contributed by atoms with Crippen molar-refractivity contribution in [1.29, 1.82) is 0 Å². The Kier molecular flexibility index (Phi) is 3.93. The molecule has 2 heterocycles. The van der Waals surface area contributed by atoms with Gasteiger partial charge in [0.15, 0.2) is 0 Å². The summed E-state index contributed by atoms with van der Waals surface area (Å²) in [5.41, 5.74) is 6.93. The molecule has 1 aromatic heterocycles. The third kappa shape index (κ3) is 2.74. The van der Waals surface area contributed by atoms with Crippen LogP contribution in [-0.2, 0) is 4.74 Å². The number of hydrogen-bond acceptors (Lipinski definition) is 5. The fraction of sp³-hybridized carbons (Fsp3) is 0.583. The summed E-state index contributed by atoms with van der Waals surface area (Å²) < 4.78 is 5.82. The molecule has 1 aliphatic rings. The summed E-state index contributed by atoms with van der Waals surface area (Å²) in [6, 6.07) is 4.00. The molecule has 0 bridgehead atoms. The van der Waals surface area contributed by atoms with E-state index in [1.54, 1.807) is 6.20 Å². The molecule has 2 rings (SSSR count). The van der Waals surface area contributed by atoms with Crippen LogP contribution >= 0.6 is 0 Å². The minimum Gasteiger partial charge on any atom is -0.383 e. The van der Waals surface area contributed by atoms with E-state index in [2.05, 4.69) is 22.2 Å². The molecule has 1 fully saturated rings. The van der Waals surface area contributed by atoms with Crippen LogP contribution in [0, 0.1) is 0 Å². The first-order chi connectivity index (χ1) is 8.22. The predicted octanol–water partition coefficient (Wildman–Crippen LogP) is 0.255. The molecule has 3 N–H and O–H groups in total. The van der Waals surface area contributed by atoms with Gasteiger partial charge < -0.3 is 20.7 Å². The zero-order chi connectivity index (χ0) is 12.3. The number of pyridine rings is 1. The third-order valence-electron chi connectivity index (χ3n) is 3.19. The van der Waals surface area contributed by atoms with Crippen LogP contribution < -0.4 is 11.1 Å². The molecule has 2 unspecified atom stereocenters. The number of aromatic nitrogens is 1. The van der Waals surface area contributed by atoms with Crippen molar-refractivity contribution in [1.82, 2.24) is 15.2 Å². The standard InChI is InChI=1S/C12H20N4O/c1-14-11(9-4-3-5-15-12(9)13)10-8-16(2)6-7-17-10/h3-5,10-11,14H,6-8H2,1-2H3,(H2,13,15). The Balaban J connectivity index is 2.18. The van der Waals surface area contributed by atoms with E-state index in [4.69, 9.17) is 10.5 Å². The van der Waals surface area contributed by atoms with Gasteiger partial charge in [-0.05, 0) is 20.2 Å². The van der Waals surface area contributed by atoms with Gasteiger partial charge in [0.2, 0.25) is 0 Å². The molecule has 0 radical (unpaired) electrons. The second-order valence-corrected chi connectivity index (χ2v) is 4.42. The van der Waals surface area contributed by atoms with Crippen LogP contribution in [0.2, 0.25) is 0 Å². The number of nitrogens with two attached hydrogens (primary N) is 1. The van der Waals surface area contributed by atoms with Crippen LogP contribution in [0.4, 0.5) is 5.82 Å². The van der Waals surface area contributed by atoms with Crippen molar-refractivity contribution in [2.75, 3.05) is 39.5 Å². The molecule has 1 aliphatic heterocycles. The summed E-state index contributed by atoms with van der Waals surface area (Å²) in [5, 5.41) is 3.28. The SMILES string of the molecule is CNC(c1cccnc1N)C1CN(C)CCO1. The Labute approximate surface area is 102 Å². The molecule has 5 nitrogen and oxygen atoms in total. The minimum absolute atomic E-state index is 0.0893. The number of nitrogen functional groups attached to an aromatic ring is 1. The van der Waals surface area contributed by atoms with E-state index in [-0.39, 0.29) is 12.1 Å². The van der Waals surface area contributed by atoms with Gasteiger partial charge in [0.05, 0.1) is 18.8 Å². The lowest BCUT2D eigenvalue weighted by molar-refractivity contribution is -0.0379. The van der Waals surface area contributed by atoms with Crippen LogP contribution in [0.25, 0.3) is 0 Å². The quantitative estimate of drug-likeness (QED) is 0.788. The number of likely N-dealkylation sites (N-methyl/N-ethyl adjacent to an activating group) is 2. The molecular weight excluding hydrogens is 216 g/mol. The van der Waals surface area contributed by atoms with Gasteiger partial charge >= 0.3 is 0 Å². The van der Waals surface area contributed by atoms with Gasteiger partial charge in [0.25, 0.3) is 0 Å². The highest BCUT2D eigenvalue weighted by atomic mass is 16.5. The summed E-state index contributed by atoms with van der Waals surface area (Å²) in [6.45, 7) is 2.65. The molecule has 0 aromatic carbocycles. The topological polar surface area (TPSA) is 63.4 Å². The van der Waals surface area contributed by atoms with Crippen LogP contribution in [0.15, 0.2) is 18.3 Å². The number of ether oxygens (including phenoxy) is 1. The van der Waals surface area contributed by atoms with Crippen molar-refractivity contribution < 1.29 is 4.74 Å². The first-order valence-electron chi connectivity index (χ1n) is 5.90. The van der Waals surface area contributed by atoms with E-state index in [1.165, 1.54) is 0 Å². The zero-order valence-corrected chi connectivity index (χ0v) is 10.4. The van der Waals surface area contributed by atoms with Gasteiger partial charge in [-0.1, -0.05) is 6.07 Å². The Morgan fingerprint density at radius 3 is 3.12 bits per heavy atom. The van der Waals surface area contributed by atoms with E-state index in [1.807, 2.05) is 19.2 Å². The molecule has 0 aliphatic carbocycles. The molecule has 0 spiro atoms. The lowest BCUT2D eigenvalue weighted by atomic mass is 10.0. The normalized spacial score (nSPS) is 23.5. The van der Waals surface area contributed by atoms with Crippen molar-refractivity contribution in [2.45, 2.75) is 12.1 Å². The average Bonchev–Trinajstić information content (AvgIpc) is 2.33. The Morgan fingerprint density at radius 1 is 1.65 bits per heavy atom. The molecule has 94 valence electrons. The molecule has 1 aromatic rings. The van der Waals surface area contributed by atoms with E-state index in [9.17, 15) is 0 Å². The number of nitrogens with zero attached hydrogens (tertiary/aromatic N) is 2. The monoisotopic (exact) mass is 236 g/mol. The first kappa shape index (κ1) is 12.3. The first-order valence-corrected chi connectivity index (χ1v) is 5.90. The van der Waals surface area contributed by atoms with Gasteiger partial charge in [0.1, 0.15) is 5.82 Å². The lowest BCUT2D eigenvalue weighted by Crippen LogP contribution is -2.46. The fourth-order valence-electron chi connectivity index (χ4n) is 2.25. The molecule has 5 heteroatoms. The maximum Gasteiger partial charge on any atom is 0.128 e. The summed E-state index contributed by atoms with van der Waals surface area (Å²) in [6.07, 6.45) is 1.82. The highest BCUT2D eigenvalue weighted by molar-refractivity contribution is 5.41. The predicted molar refractivity (Wildman–Crippen MR) is 67.7 cm³/mol. The summed E-state index contributed by atoms with van der Waals surface area (Å²) in [5.74, 6) is 0.573. The zero-order valence-electron chi connectivity index (χ0n) is 10.4. The second-order valence-electron chi connectivity index (χ2n) is 4.42. The smallest absolute Gasteiger partial charge is 0.128 e. The van der Waals surface area contributed by atoms with E-state index in [0.29, 0.717) is 5.82 Å². The summed E-state index contributed by atoms with van der Waals surface area (Å²) in [7, 11) is 4.03. The maximum absolute atomic E-state index is 5.92. The molecule has 2 atom stereocenters. The van der Waals surface area contributed by atoms with Crippen LogP contribution in [0.1, 0.15) is 11.6 Å². The maximum atomic E-state index is 5.92. The van der Waals surface area contributed by atoms with Crippen molar-refractivity contribution in [3.63, 3.8) is 0 Å². The van der Waals surface area contributed by atoms with Crippen molar-refractivity contribution in [3.8, 4) is 0 Å². The highest BCUT2D eigenvalue weighted by Crippen LogP contribution is 2.24. The van der Waals surface area contributed by atoms with Crippen molar-refractivity contribution in [3.05, 3.63) is 23.9 Å². The Morgan fingerprint density at radius 2 is 2.47 bits per heavy atom. The van der Waals surface area contributed by atoms with Gasteiger partial charge in [0, 0.05) is 24.8 Å². The number of hydrogen-bond donors (Lipinski definition) is 2. The van der Waals surface area contributed by atoms with Crippen LogP contribution in [0.3, 0.4) is 0 Å². The fourth-order valence-corrected chi connectivity index (χ4v) is 2.25. The van der Waals surface area contributed by atoms with Gasteiger partial charge in [-0.25, -0.2) is 4.98 Å². The minimum atomic E-state index is 0.0893. The van der Waals surface area contributed by atoms with Crippen molar-refractivity contribution in [2.24, 2.45) is 0 Å². The van der Waals surface area contributed by atoms with Crippen LogP contribution in [0.5, 0.6) is 0 Å². The highest BCUT2D eigenvalue weighted by Gasteiger charge is 2.28. The molecule has 0 amide bonds. The van der Waals surface area contributed by atoms with E-state index >= 15 is 0 Å². The van der Waals surface area contributed by atoms with Crippen LogP contribution in [-0.4, -0.2) is 49.8 Å². The number of morpholine rings is 1. The average molecular weight is 236 g/mol. The molecule has 17 heavy (non-hydrogen) atoms. The second kappa shape index (κ2) is 5.44. The molecular formula is C12H20N4O. The summed E-state index contributed by atoms with van der Waals surface area (Å²) >= 11 is 0. The Bertz CT molecular complexity index is 371. The molecule has 1 saturated heterocycles. The van der Waals surface area contributed by atoms with Gasteiger partial charge in [-0.15, -0.1) is 0 Å². The third-order valence-corrected chi connectivity index (χ3v) is 3.19. The number of nitrogens with one attached hydrogen (secondary N) is 1. The molecule has 0 saturated carbocycles. The van der Waals surface area contributed by atoms with Gasteiger partial charge in [-0.2, -0.15) is 0 Å². The Hall–Kier alpha value is -1.17. The van der Waals surface area contributed by atoms with E-state index < -0.39 is 0 Å². The van der Waals surface area contributed by atoms with E-state index in [0.717, 1.165) is 25.3 Å².